The molecule has 0 aliphatic heterocycles. The number of carbonyl (C=O) groups excluding carboxylic acids is 1. The van der Waals surface area contributed by atoms with Crippen LogP contribution in [0, 0.1) is 5.92 Å². The zero-order chi connectivity index (χ0) is 13.6. The standard InChI is InChI=1S/C11H24N2O3S/c1-6-9(4)12-11(14)10(7-8(2)3)13-17(5,15)16/h8-10,13H,6-7H2,1-5H3,(H,12,14)/t9-,10+/m0/s1. The summed E-state index contributed by atoms with van der Waals surface area (Å²) in [4.78, 5) is 11.9. The Labute approximate surface area is 104 Å². The van der Waals surface area contributed by atoms with Gasteiger partial charge in [0.2, 0.25) is 15.9 Å². The van der Waals surface area contributed by atoms with Crippen LogP contribution in [0.1, 0.15) is 40.5 Å². The fourth-order valence-electron chi connectivity index (χ4n) is 1.38. The summed E-state index contributed by atoms with van der Waals surface area (Å²) in [7, 11) is -3.37. The van der Waals surface area contributed by atoms with Crippen molar-refractivity contribution >= 4 is 15.9 Å². The lowest BCUT2D eigenvalue weighted by atomic mass is 10.0. The first kappa shape index (κ1) is 16.4. The van der Waals surface area contributed by atoms with Crippen LogP contribution in [0.15, 0.2) is 0 Å². The molecule has 2 atom stereocenters. The second kappa shape index (κ2) is 6.96. The second-order valence-corrected chi connectivity index (χ2v) is 6.67. The minimum Gasteiger partial charge on any atom is -0.352 e. The van der Waals surface area contributed by atoms with Crippen molar-refractivity contribution in [2.24, 2.45) is 5.92 Å². The Morgan fingerprint density at radius 3 is 2.12 bits per heavy atom. The third-order valence-electron chi connectivity index (χ3n) is 2.38. The predicted octanol–water partition coefficient (Wildman–Crippen LogP) is 0.865. The van der Waals surface area contributed by atoms with E-state index in [2.05, 4.69) is 10.0 Å². The Morgan fingerprint density at radius 1 is 1.24 bits per heavy atom. The number of nitrogens with one attached hydrogen (secondary N) is 2. The Kier molecular flexibility index (Phi) is 6.70. The molecule has 0 spiro atoms. The highest BCUT2D eigenvalue weighted by Crippen LogP contribution is 2.06. The maximum absolute atomic E-state index is 11.9. The van der Waals surface area contributed by atoms with Crippen LogP contribution in [-0.2, 0) is 14.8 Å². The summed E-state index contributed by atoms with van der Waals surface area (Å²) in [5.74, 6) is -0.00425. The van der Waals surface area contributed by atoms with E-state index in [1.54, 1.807) is 0 Å². The zero-order valence-corrected chi connectivity index (χ0v) is 12.1. The second-order valence-electron chi connectivity index (χ2n) is 4.89. The van der Waals surface area contributed by atoms with Crippen LogP contribution in [0.4, 0.5) is 0 Å². The molecule has 0 aromatic heterocycles. The molecule has 1 amide bonds. The van der Waals surface area contributed by atoms with Gasteiger partial charge in [-0.1, -0.05) is 20.8 Å². The number of hydrogen-bond donors (Lipinski definition) is 2. The summed E-state index contributed by atoms with van der Waals surface area (Å²) in [6.45, 7) is 7.76. The van der Waals surface area contributed by atoms with Gasteiger partial charge in [-0.3, -0.25) is 4.79 Å². The number of amides is 1. The van der Waals surface area contributed by atoms with Crippen LogP contribution < -0.4 is 10.0 Å². The number of hydrogen-bond acceptors (Lipinski definition) is 3. The third kappa shape index (κ3) is 8.15. The molecule has 0 bridgehead atoms. The lowest BCUT2D eigenvalue weighted by molar-refractivity contribution is -0.123. The van der Waals surface area contributed by atoms with Crippen molar-refractivity contribution in [3.05, 3.63) is 0 Å². The Balaban J connectivity index is 4.62. The molecule has 0 aromatic rings. The van der Waals surface area contributed by atoms with Gasteiger partial charge in [0.1, 0.15) is 6.04 Å². The first-order valence-electron chi connectivity index (χ1n) is 5.93. The van der Waals surface area contributed by atoms with E-state index in [9.17, 15) is 13.2 Å². The Hall–Kier alpha value is -0.620. The molecule has 0 saturated heterocycles. The summed E-state index contributed by atoms with van der Waals surface area (Å²) in [6.07, 6.45) is 2.38. The van der Waals surface area contributed by atoms with Gasteiger partial charge in [0.05, 0.1) is 6.26 Å². The first-order chi connectivity index (χ1) is 7.65. The highest BCUT2D eigenvalue weighted by Gasteiger charge is 2.23. The van der Waals surface area contributed by atoms with Crippen LogP contribution in [-0.4, -0.2) is 32.7 Å². The molecule has 17 heavy (non-hydrogen) atoms. The summed E-state index contributed by atoms with van der Waals surface area (Å²) < 4.78 is 24.8. The van der Waals surface area contributed by atoms with E-state index < -0.39 is 16.1 Å². The van der Waals surface area contributed by atoms with Crippen LogP contribution in [0.2, 0.25) is 0 Å². The van der Waals surface area contributed by atoms with Crippen molar-refractivity contribution in [2.45, 2.75) is 52.6 Å². The molecule has 0 unspecified atom stereocenters. The van der Waals surface area contributed by atoms with Crippen LogP contribution in [0.3, 0.4) is 0 Å². The van der Waals surface area contributed by atoms with Gasteiger partial charge in [-0.15, -0.1) is 0 Å². The molecular weight excluding hydrogens is 240 g/mol. The molecule has 6 heteroatoms. The van der Waals surface area contributed by atoms with E-state index in [4.69, 9.17) is 0 Å². The van der Waals surface area contributed by atoms with E-state index >= 15 is 0 Å². The van der Waals surface area contributed by atoms with E-state index in [0.717, 1.165) is 12.7 Å². The topological polar surface area (TPSA) is 75.3 Å². The van der Waals surface area contributed by atoms with Gasteiger partial charge in [-0.25, -0.2) is 13.1 Å². The van der Waals surface area contributed by atoms with E-state index in [0.29, 0.717) is 6.42 Å². The van der Waals surface area contributed by atoms with Gasteiger partial charge in [0.25, 0.3) is 0 Å². The minimum atomic E-state index is -3.37. The number of carbonyl (C=O) groups is 1. The summed E-state index contributed by atoms with van der Waals surface area (Å²) in [6, 6.07) is -0.627. The molecule has 0 saturated carbocycles. The van der Waals surface area contributed by atoms with Crippen molar-refractivity contribution in [2.75, 3.05) is 6.26 Å². The van der Waals surface area contributed by atoms with E-state index in [1.807, 2.05) is 27.7 Å². The minimum absolute atomic E-state index is 0.0542. The van der Waals surface area contributed by atoms with Crippen molar-refractivity contribution in [1.29, 1.82) is 0 Å². The lowest BCUT2D eigenvalue weighted by Gasteiger charge is -2.21. The summed E-state index contributed by atoms with van der Waals surface area (Å²) in [5, 5.41) is 2.79. The van der Waals surface area contributed by atoms with Crippen molar-refractivity contribution in [1.82, 2.24) is 10.0 Å². The SMILES string of the molecule is CC[C@H](C)NC(=O)[C@@H](CC(C)C)NS(C)(=O)=O. The van der Waals surface area contributed by atoms with Crippen molar-refractivity contribution in [3.63, 3.8) is 0 Å². The number of sulfonamides is 1. The highest BCUT2D eigenvalue weighted by atomic mass is 32.2. The maximum Gasteiger partial charge on any atom is 0.238 e. The van der Waals surface area contributed by atoms with Gasteiger partial charge in [-0.05, 0) is 25.7 Å². The predicted molar refractivity (Wildman–Crippen MR) is 69.1 cm³/mol. The van der Waals surface area contributed by atoms with Crippen LogP contribution in [0.5, 0.6) is 0 Å². The molecule has 0 aliphatic rings. The van der Waals surface area contributed by atoms with Gasteiger partial charge in [0.15, 0.2) is 0 Å². The summed E-state index contributed by atoms with van der Waals surface area (Å²) in [5.41, 5.74) is 0. The molecule has 0 fully saturated rings. The fraction of sp³-hybridized carbons (Fsp3) is 0.909. The maximum atomic E-state index is 11.9. The quantitative estimate of drug-likeness (QED) is 0.716. The Bertz CT molecular complexity index is 339. The molecule has 2 N–H and O–H groups in total. The van der Waals surface area contributed by atoms with Crippen molar-refractivity contribution < 1.29 is 13.2 Å². The molecule has 0 radical (unpaired) electrons. The van der Waals surface area contributed by atoms with Crippen LogP contribution >= 0.6 is 0 Å². The van der Waals surface area contributed by atoms with E-state index in [1.165, 1.54) is 0 Å². The normalized spacial score (nSPS) is 15.6. The molecule has 0 heterocycles. The van der Waals surface area contributed by atoms with E-state index in [-0.39, 0.29) is 17.9 Å². The first-order valence-corrected chi connectivity index (χ1v) is 7.82. The fourth-order valence-corrected chi connectivity index (χ4v) is 2.10. The average molecular weight is 264 g/mol. The van der Waals surface area contributed by atoms with Crippen molar-refractivity contribution in [3.8, 4) is 0 Å². The van der Waals surface area contributed by atoms with Gasteiger partial charge in [-0.2, -0.15) is 0 Å². The third-order valence-corrected chi connectivity index (χ3v) is 3.09. The molecule has 0 aromatic carbocycles. The lowest BCUT2D eigenvalue weighted by Crippen LogP contribution is -2.49. The van der Waals surface area contributed by atoms with Gasteiger partial charge < -0.3 is 5.32 Å². The largest absolute Gasteiger partial charge is 0.352 e. The highest BCUT2D eigenvalue weighted by molar-refractivity contribution is 7.88. The molecule has 5 nitrogen and oxygen atoms in total. The smallest absolute Gasteiger partial charge is 0.238 e. The molecule has 102 valence electrons. The van der Waals surface area contributed by atoms with Gasteiger partial charge in [0, 0.05) is 6.04 Å². The average Bonchev–Trinajstić information content (AvgIpc) is 2.13. The van der Waals surface area contributed by atoms with Gasteiger partial charge >= 0.3 is 0 Å². The molecular formula is C11H24N2O3S. The monoisotopic (exact) mass is 264 g/mol. The summed E-state index contributed by atoms with van der Waals surface area (Å²) >= 11 is 0. The molecule has 0 aliphatic carbocycles. The van der Waals surface area contributed by atoms with Crippen LogP contribution in [0.25, 0.3) is 0 Å². The Morgan fingerprint density at radius 2 is 1.76 bits per heavy atom. The molecule has 0 rings (SSSR count). The number of rotatable bonds is 7. The zero-order valence-electron chi connectivity index (χ0n) is 11.3.